The smallest absolute Gasteiger partial charge is 0.0852 e. The first-order valence-electron chi connectivity index (χ1n) is 9.63. The van der Waals surface area contributed by atoms with Gasteiger partial charge in [0.05, 0.1) is 17.8 Å². The summed E-state index contributed by atoms with van der Waals surface area (Å²) in [5.74, 6) is 1.58. The Morgan fingerprint density at radius 1 is 0.870 bits per heavy atom. The Kier molecular flexibility index (Phi) is 3.22. The number of aliphatic hydroxyl groups excluding tert-OH is 2. The summed E-state index contributed by atoms with van der Waals surface area (Å²) in [5, 5.41) is 32.0. The molecule has 8 atom stereocenters. The van der Waals surface area contributed by atoms with Crippen LogP contribution < -0.4 is 0 Å². The van der Waals surface area contributed by atoms with E-state index < -0.39 is 17.8 Å². The molecule has 23 heavy (non-hydrogen) atoms. The molecule has 4 aliphatic carbocycles. The number of rotatable bonds is 0. The Hall–Kier alpha value is -0.120. The highest BCUT2D eigenvalue weighted by atomic mass is 16.3. The molecule has 4 saturated carbocycles. The van der Waals surface area contributed by atoms with Crippen molar-refractivity contribution in [1.82, 2.24) is 0 Å². The van der Waals surface area contributed by atoms with E-state index in [4.69, 9.17) is 0 Å². The van der Waals surface area contributed by atoms with E-state index in [0.29, 0.717) is 17.8 Å². The monoisotopic (exact) mass is 322 g/mol. The largest absolute Gasteiger partial charge is 0.390 e. The van der Waals surface area contributed by atoms with Gasteiger partial charge in [-0.2, -0.15) is 0 Å². The molecular weight excluding hydrogens is 288 g/mol. The highest BCUT2D eigenvalue weighted by Crippen LogP contribution is 2.75. The molecule has 3 heteroatoms. The van der Waals surface area contributed by atoms with Crippen molar-refractivity contribution in [2.45, 2.75) is 90.4 Å². The molecule has 4 rings (SSSR count). The van der Waals surface area contributed by atoms with Crippen LogP contribution in [-0.4, -0.2) is 33.1 Å². The third-order valence-corrected chi connectivity index (χ3v) is 9.29. The number of hydrogen-bond acceptors (Lipinski definition) is 3. The van der Waals surface area contributed by atoms with Crippen molar-refractivity contribution in [2.24, 2.45) is 34.0 Å². The van der Waals surface area contributed by atoms with Crippen LogP contribution in [0.5, 0.6) is 0 Å². The maximum atomic E-state index is 10.8. The minimum absolute atomic E-state index is 0.0866. The summed E-state index contributed by atoms with van der Waals surface area (Å²) in [4.78, 5) is 0. The zero-order chi connectivity index (χ0) is 16.8. The van der Waals surface area contributed by atoms with Crippen LogP contribution >= 0.6 is 0 Å². The van der Waals surface area contributed by atoms with Crippen LogP contribution in [0.15, 0.2) is 0 Å². The van der Waals surface area contributed by atoms with Gasteiger partial charge in [0.15, 0.2) is 0 Å². The lowest BCUT2D eigenvalue weighted by atomic mass is 9.39. The molecule has 0 heterocycles. The van der Waals surface area contributed by atoms with Crippen molar-refractivity contribution < 1.29 is 15.3 Å². The van der Waals surface area contributed by atoms with Gasteiger partial charge in [-0.15, -0.1) is 0 Å². The molecule has 1 spiro atoms. The van der Waals surface area contributed by atoms with Gasteiger partial charge in [-0.3, -0.25) is 0 Å². The molecule has 3 N–H and O–H groups in total. The van der Waals surface area contributed by atoms with Gasteiger partial charge in [0.1, 0.15) is 0 Å². The molecule has 0 aliphatic heterocycles. The standard InChI is InChI=1S/C20H34O3/c1-17(2)15-6-5-12-9-13-10-20(12,8-7-19(13,4)23)18(15,3)11-14(21)16(17)22/h12-16,21-23H,5-11H2,1-4H3/t12-,13-,14?,15-,16?,18-,19-,20+/m0/s1. The van der Waals surface area contributed by atoms with Gasteiger partial charge in [0.2, 0.25) is 0 Å². The minimum atomic E-state index is -0.613. The SMILES string of the molecule is CC1(C)C(O)C(O)C[C@@]2(C)[C@H]1CC[C@H]1C[C@H]3C[C@]12CC[C@]3(C)O. The van der Waals surface area contributed by atoms with Crippen molar-refractivity contribution >= 4 is 0 Å². The van der Waals surface area contributed by atoms with Gasteiger partial charge < -0.3 is 15.3 Å². The van der Waals surface area contributed by atoms with Gasteiger partial charge in [-0.1, -0.05) is 20.8 Å². The molecule has 4 aliphatic rings. The summed E-state index contributed by atoms with van der Waals surface area (Å²) in [6.45, 7) is 8.75. The van der Waals surface area contributed by atoms with Gasteiger partial charge in [0.25, 0.3) is 0 Å². The molecule has 0 radical (unpaired) electrons. The molecule has 3 nitrogen and oxygen atoms in total. The molecule has 2 unspecified atom stereocenters. The Morgan fingerprint density at radius 2 is 1.57 bits per heavy atom. The van der Waals surface area contributed by atoms with Crippen LogP contribution in [0.1, 0.15) is 72.6 Å². The summed E-state index contributed by atoms with van der Waals surface area (Å²) in [5.41, 5.74) is -0.383. The van der Waals surface area contributed by atoms with Crippen LogP contribution in [0.4, 0.5) is 0 Å². The Balaban J connectivity index is 1.78. The van der Waals surface area contributed by atoms with Gasteiger partial charge in [-0.05, 0) is 85.9 Å². The molecule has 0 aromatic heterocycles. The first-order valence-corrected chi connectivity index (χ1v) is 9.63. The summed E-state index contributed by atoms with van der Waals surface area (Å²) in [7, 11) is 0. The van der Waals surface area contributed by atoms with Gasteiger partial charge in [-0.25, -0.2) is 0 Å². The number of fused-ring (bicyclic) bond motifs is 2. The summed E-state index contributed by atoms with van der Waals surface area (Å²) in [6, 6.07) is 0. The molecule has 2 bridgehead atoms. The molecule has 0 saturated heterocycles. The average molecular weight is 322 g/mol. The molecule has 0 aromatic rings. The van der Waals surface area contributed by atoms with E-state index in [9.17, 15) is 15.3 Å². The lowest BCUT2D eigenvalue weighted by Gasteiger charge is -2.67. The Bertz CT molecular complexity index is 513. The predicted molar refractivity (Wildman–Crippen MR) is 89.7 cm³/mol. The Labute approximate surface area is 140 Å². The van der Waals surface area contributed by atoms with Crippen LogP contribution in [0.25, 0.3) is 0 Å². The highest BCUT2D eigenvalue weighted by Gasteiger charge is 2.70. The van der Waals surface area contributed by atoms with E-state index in [2.05, 4.69) is 20.8 Å². The lowest BCUT2D eigenvalue weighted by molar-refractivity contribution is -0.232. The second-order valence-electron chi connectivity index (χ2n) is 10.4. The van der Waals surface area contributed by atoms with E-state index in [1.807, 2.05) is 6.92 Å². The van der Waals surface area contributed by atoms with E-state index in [0.717, 1.165) is 38.5 Å². The van der Waals surface area contributed by atoms with Gasteiger partial charge in [0, 0.05) is 0 Å². The fourth-order valence-corrected chi connectivity index (χ4v) is 7.92. The van der Waals surface area contributed by atoms with Crippen molar-refractivity contribution in [2.75, 3.05) is 0 Å². The second kappa shape index (κ2) is 4.53. The minimum Gasteiger partial charge on any atom is -0.390 e. The number of aliphatic hydroxyl groups is 3. The summed E-state index contributed by atoms with van der Waals surface area (Å²) >= 11 is 0. The molecular formula is C20H34O3. The first kappa shape index (κ1) is 16.4. The molecule has 0 aromatic carbocycles. The predicted octanol–water partition coefficient (Wildman–Crippen LogP) is 3.11. The van der Waals surface area contributed by atoms with Crippen molar-refractivity contribution in [1.29, 1.82) is 0 Å². The summed E-state index contributed by atoms with van der Waals surface area (Å²) < 4.78 is 0. The van der Waals surface area contributed by atoms with E-state index in [-0.39, 0.29) is 16.2 Å². The normalized spacial score (nSPS) is 60.9. The van der Waals surface area contributed by atoms with E-state index in [1.54, 1.807) is 0 Å². The van der Waals surface area contributed by atoms with E-state index in [1.165, 1.54) is 6.42 Å². The van der Waals surface area contributed by atoms with Gasteiger partial charge >= 0.3 is 0 Å². The Morgan fingerprint density at radius 3 is 2.26 bits per heavy atom. The average Bonchev–Trinajstić information content (AvgIpc) is 2.80. The topological polar surface area (TPSA) is 60.7 Å². The molecule has 0 amide bonds. The number of hydrogen-bond donors (Lipinski definition) is 3. The molecule has 132 valence electrons. The fraction of sp³-hybridized carbons (Fsp3) is 1.00. The van der Waals surface area contributed by atoms with Crippen molar-refractivity contribution in [3.8, 4) is 0 Å². The zero-order valence-electron chi connectivity index (χ0n) is 15.2. The van der Waals surface area contributed by atoms with Crippen LogP contribution in [-0.2, 0) is 0 Å². The second-order valence-corrected chi connectivity index (χ2v) is 10.4. The van der Waals surface area contributed by atoms with Crippen LogP contribution in [0, 0.1) is 34.0 Å². The first-order chi connectivity index (χ1) is 10.5. The third kappa shape index (κ3) is 1.82. The fourth-order valence-electron chi connectivity index (χ4n) is 7.92. The lowest BCUT2D eigenvalue weighted by Crippen LogP contribution is -2.64. The molecule has 4 fully saturated rings. The highest BCUT2D eigenvalue weighted by molar-refractivity contribution is 5.19. The third-order valence-electron chi connectivity index (χ3n) is 9.29. The van der Waals surface area contributed by atoms with Crippen LogP contribution in [0.3, 0.4) is 0 Å². The quantitative estimate of drug-likeness (QED) is 0.642. The maximum absolute atomic E-state index is 10.8. The van der Waals surface area contributed by atoms with E-state index >= 15 is 0 Å². The van der Waals surface area contributed by atoms with Crippen molar-refractivity contribution in [3.63, 3.8) is 0 Å². The summed E-state index contributed by atoms with van der Waals surface area (Å²) in [6.07, 6.45) is 6.17. The maximum Gasteiger partial charge on any atom is 0.0852 e. The zero-order valence-corrected chi connectivity index (χ0v) is 15.2. The van der Waals surface area contributed by atoms with Crippen LogP contribution in [0.2, 0.25) is 0 Å². The van der Waals surface area contributed by atoms with Crippen molar-refractivity contribution in [3.05, 3.63) is 0 Å².